The summed E-state index contributed by atoms with van der Waals surface area (Å²) in [7, 11) is 0. The Balaban J connectivity index is 0.768. The molecule has 5 aliphatic rings. The molecule has 3 saturated heterocycles. The van der Waals surface area contributed by atoms with E-state index in [0.29, 0.717) is 50.7 Å². The second-order valence-electron chi connectivity index (χ2n) is 18.3. The fraction of sp³-hybridized carbons (Fsp3) is 0.500. The number of carbonyl (C=O) groups excluding carboxylic acids is 4. The topological polar surface area (TPSA) is 147 Å². The second kappa shape index (κ2) is 16.3. The van der Waals surface area contributed by atoms with Gasteiger partial charge in [0, 0.05) is 84.9 Å². The van der Waals surface area contributed by atoms with E-state index in [1.807, 2.05) is 24.3 Å². The van der Waals surface area contributed by atoms with E-state index in [9.17, 15) is 24.4 Å². The Kier molecular flexibility index (Phi) is 11.3. The molecule has 60 heavy (non-hydrogen) atoms. The van der Waals surface area contributed by atoms with Crippen molar-refractivity contribution in [3.63, 3.8) is 0 Å². The number of amides is 4. The van der Waals surface area contributed by atoms with E-state index in [1.165, 1.54) is 11.0 Å². The SMILES string of the molecule is CC1(C)C(NC(=O)c2ccc(N3CCC(NCC[C@@H]4CCN(c5cc6c(cc5F)C(=O)N([C@@H]5CCC(=O)NC5=O)C6)C4)CC3)cc2)C(C)(C)C1Oc1ccc(C#N)c(Cl)c1. The summed E-state index contributed by atoms with van der Waals surface area (Å²) in [6.07, 6.45) is 4.25. The molecule has 0 radical (unpaired) electrons. The number of benzene rings is 3. The van der Waals surface area contributed by atoms with E-state index < -0.39 is 17.8 Å². The van der Waals surface area contributed by atoms with E-state index in [0.717, 1.165) is 64.1 Å². The molecule has 1 aliphatic carbocycles. The zero-order valence-corrected chi connectivity index (χ0v) is 35.4. The van der Waals surface area contributed by atoms with Crippen molar-refractivity contribution in [2.75, 3.05) is 42.5 Å². The van der Waals surface area contributed by atoms with Crippen LogP contribution in [0.15, 0.2) is 54.6 Å². The smallest absolute Gasteiger partial charge is 0.255 e. The molecule has 0 aromatic heterocycles. The standard InChI is InChI=1S/C46H53ClFN7O5/c1-45(2)43(46(3,4)44(45)60-33-10-7-29(24-49)35(47)22-33)52-40(57)28-5-8-32(9-6-28)53-19-15-31(16-20-53)50-17-13-27-14-18-54(25-27)38-21-30-26-55(42(59)34(30)23-36(38)48)37-11-12-39(56)51-41(37)58/h5-10,21-23,27,31,37,43-44,50H,11-20,25-26H2,1-4H3,(H,52,57)(H,51,56,58)/t27-,37-,43?,44?/m1/s1. The predicted octanol–water partition coefficient (Wildman–Crippen LogP) is 6.20. The van der Waals surface area contributed by atoms with Crippen LogP contribution in [-0.4, -0.2) is 85.5 Å². The lowest BCUT2D eigenvalue weighted by Gasteiger charge is -2.63. The first-order chi connectivity index (χ1) is 28.6. The van der Waals surface area contributed by atoms with Gasteiger partial charge in [-0.05, 0) is 98.7 Å². The first-order valence-corrected chi connectivity index (χ1v) is 21.5. The number of nitrogens with one attached hydrogen (secondary N) is 3. The fourth-order valence-corrected chi connectivity index (χ4v) is 10.8. The molecule has 4 fully saturated rings. The van der Waals surface area contributed by atoms with Crippen molar-refractivity contribution >= 4 is 46.6 Å². The Hall–Kier alpha value is -5.19. The van der Waals surface area contributed by atoms with Gasteiger partial charge in [-0.15, -0.1) is 0 Å². The first-order valence-electron chi connectivity index (χ1n) is 21.1. The normalized spacial score (nSPS) is 24.8. The van der Waals surface area contributed by atoms with Gasteiger partial charge in [0.25, 0.3) is 11.8 Å². The van der Waals surface area contributed by atoms with Gasteiger partial charge in [0.15, 0.2) is 0 Å². The van der Waals surface area contributed by atoms with Crippen LogP contribution in [0.5, 0.6) is 5.75 Å². The molecule has 3 aromatic rings. The monoisotopic (exact) mass is 837 g/mol. The third-order valence-electron chi connectivity index (χ3n) is 13.6. The number of fused-ring (bicyclic) bond motifs is 1. The third-order valence-corrected chi connectivity index (χ3v) is 13.9. The summed E-state index contributed by atoms with van der Waals surface area (Å²) in [6.45, 7) is 12.8. The number of hydrogen-bond donors (Lipinski definition) is 3. The summed E-state index contributed by atoms with van der Waals surface area (Å²) in [4.78, 5) is 56.6. The highest BCUT2D eigenvalue weighted by Gasteiger charge is 2.64. The maximum atomic E-state index is 15.4. The Labute approximate surface area is 355 Å². The number of anilines is 2. The highest BCUT2D eigenvalue weighted by molar-refractivity contribution is 6.31. The molecule has 0 unspecified atom stereocenters. The number of nitrogens with zero attached hydrogens (tertiary/aromatic N) is 4. The number of hydrogen-bond acceptors (Lipinski definition) is 9. The Bertz CT molecular complexity index is 2220. The molecule has 3 aromatic carbocycles. The van der Waals surface area contributed by atoms with E-state index in [-0.39, 0.29) is 60.1 Å². The molecule has 0 spiro atoms. The number of imide groups is 1. The Morgan fingerprint density at radius 3 is 2.37 bits per heavy atom. The van der Waals surface area contributed by atoms with Gasteiger partial charge in [-0.2, -0.15) is 5.26 Å². The number of ether oxygens (including phenoxy) is 1. The number of rotatable bonds is 11. The van der Waals surface area contributed by atoms with E-state index in [2.05, 4.69) is 59.5 Å². The lowest BCUT2D eigenvalue weighted by molar-refractivity contribution is -0.164. The van der Waals surface area contributed by atoms with Crippen LogP contribution >= 0.6 is 11.6 Å². The number of halogens is 2. The average Bonchev–Trinajstić information content (AvgIpc) is 3.82. The Morgan fingerprint density at radius 1 is 0.967 bits per heavy atom. The van der Waals surface area contributed by atoms with Gasteiger partial charge >= 0.3 is 0 Å². The van der Waals surface area contributed by atoms with Gasteiger partial charge in [-0.1, -0.05) is 39.3 Å². The molecule has 2 atom stereocenters. The van der Waals surface area contributed by atoms with Crippen molar-refractivity contribution in [3.8, 4) is 11.8 Å². The van der Waals surface area contributed by atoms with Crippen LogP contribution in [0, 0.1) is 33.9 Å². The molecule has 4 aliphatic heterocycles. The maximum Gasteiger partial charge on any atom is 0.255 e. The summed E-state index contributed by atoms with van der Waals surface area (Å²) in [5, 5.41) is 18.9. The molecular formula is C46H53ClFN7O5. The summed E-state index contributed by atoms with van der Waals surface area (Å²) in [5.74, 6) is -0.702. The van der Waals surface area contributed by atoms with Crippen molar-refractivity contribution < 1.29 is 28.3 Å². The summed E-state index contributed by atoms with van der Waals surface area (Å²) >= 11 is 6.25. The van der Waals surface area contributed by atoms with Crippen LogP contribution in [0.2, 0.25) is 5.02 Å². The molecule has 4 amide bonds. The third kappa shape index (κ3) is 7.92. The predicted molar refractivity (Wildman–Crippen MR) is 226 cm³/mol. The Morgan fingerprint density at radius 2 is 1.68 bits per heavy atom. The molecule has 316 valence electrons. The van der Waals surface area contributed by atoms with Crippen molar-refractivity contribution in [2.24, 2.45) is 16.7 Å². The molecular weight excluding hydrogens is 785 g/mol. The van der Waals surface area contributed by atoms with Crippen LogP contribution in [0.4, 0.5) is 15.8 Å². The van der Waals surface area contributed by atoms with E-state index >= 15 is 4.39 Å². The van der Waals surface area contributed by atoms with Gasteiger partial charge in [0.05, 0.1) is 16.3 Å². The van der Waals surface area contributed by atoms with Crippen LogP contribution < -0.4 is 30.5 Å². The molecule has 4 heterocycles. The van der Waals surface area contributed by atoms with Gasteiger partial charge < -0.3 is 30.1 Å². The fourth-order valence-electron chi connectivity index (χ4n) is 10.6. The minimum Gasteiger partial charge on any atom is -0.489 e. The number of piperidine rings is 2. The van der Waals surface area contributed by atoms with Gasteiger partial charge in [0.2, 0.25) is 11.8 Å². The van der Waals surface area contributed by atoms with Gasteiger partial charge in [-0.25, -0.2) is 4.39 Å². The van der Waals surface area contributed by atoms with Crippen LogP contribution in [0.25, 0.3) is 0 Å². The zero-order valence-electron chi connectivity index (χ0n) is 34.7. The maximum absolute atomic E-state index is 15.4. The molecule has 0 bridgehead atoms. The van der Waals surface area contributed by atoms with Crippen LogP contribution in [0.1, 0.15) is 98.1 Å². The largest absolute Gasteiger partial charge is 0.489 e. The highest BCUT2D eigenvalue weighted by Crippen LogP contribution is 2.55. The number of carbonyl (C=O) groups is 4. The summed E-state index contributed by atoms with van der Waals surface area (Å²) in [5.41, 5.74) is 2.91. The van der Waals surface area contributed by atoms with Gasteiger partial charge in [0.1, 0.15) is 29.8 Å². The lowest BCUT2D eigenvalue weighted by Crippen LogP contribution is -2.74. The van der Waals surface area contributed by atoms with E-state index in [1.54, 1.807) is 24.3 Å². The molecule has 1 saturated carbocycles. The van der Waals surface area contributed by atoms with Crippen molar-refractivity contribution in [1.82, 2.24) is 20.9 Å². The summed E-state index contributed by atoms with van der Waals surface area (Å²) < 4.78 is 21.8. The average molecular weight is 838 g/mol. The number of nitriles is 1. The minimum absolute atomic E-state index is 0.117. The summed E-state index contributed by atoms with van der Waals surface area (Å²) in [6, 6.07) is 17.7. The second-order valence-corrected chi connectivity index (χ2v) is 18.7. The first kappa shape index (κ1) is 41.5. The minimum atomic E-state index is -0.725. The highest BCUT2D eigenvalue weighted by atomic mass is 35.5. The zero-order chi connectivity index (χ0) is 42.5. The van der Waals surface area contributed by atoms with Crippen molar-refractivity contribution in [1.29, 1.82) is 5.26 Å². The van der Waals surface area contributed by atoms with Crippen LogP contribution in [-0.2, 0) is 16.1 Å². The molecule has 3 N–H and O–H groups in total. The lowest BCUT2D eigenvalue weighted by atomic mass is 9.49. The molecule has 8 rings (SSSR count). The van der Waals surface area contributed by atoms with Crippen molar-refractivity contribution in [2.45, 2.75) is 97.0 Å². The van der Waals surface area contributed by atoms with Crippen LogP contribution in [0.3, 0.4) is 0 Å². The van der Waals surface area contributed by atoms with Gasteiger partial charge in [-0.3, -0.25) is 24.5 Å². The van der Waals surface area contributed by atoms with Crippen molar-refractivity contribution in [3.05, 3.63) is 87.7 Å². The molecule has 12 nitrogen and oxygen atoms in total. The quantitative estimate of drug-likeness (QED) is 0.192. The van der Waals surface area contributed by atoms with E-state index in [4.69, 9.17) is 16.3 Å². The molecule has 14 heteroatoms.